The molecule has 0 spiro atoms. The number of ether oxygens (including phenoxy) is 1. The maximum absolute atomic E-state index is 11.1. The Balaban J connectivity index is 2.96. The Kier molecular flexibility index (Phi) is 5.69. The highest BCUT2D eigenvalue weighted by atomic mass is 16.6. The average molecular weight is 267 g/mol. The van der Waals surface area contributed by atoms with E-state index in [2.05, 4.69) is 10.3 Å². The van der Waals surface area contributed by atoms with E-state index in [1.54, 1.807) is 19.2 Å². The zero-order valence-corrected chi connectivity index (χ0v) is 11.8. The summed E-state index contributed by atoms with van der Waals surface area (Å²) in [6.07, 6.45) is 1.57. The lowest BCUT2D eigenvalue weighted by atomic mass is 10.1. The minimum absolute atomic E-state index is 0.00653. The molecule has 19 heavy (non-hydrogen) atoms. The van der Waals surface area contributed by atoms with Crippen LogP contribution in [0, 0.1) is 23.0 Å². The molecule has 1 aromatic rings. The van der Waals surface area contributed by atoms with Crippen molar-refractivity contribution in [1.29, 1.82) is 0 Å². The van der Waals surface area contributed by atoms with Crippen molar-refractivity contribution in [2.75, 3.05) is 18.5 Å². The van der Waals surface area contributed by atoms with Gasteiger partial charge in [-0.25, -0.2) is 4.98 Å². The van der Waals surface area contributed by atoms with Gasteiger partial charge in [0.1, 0.15) is 0 Å². The number of hydrogen-bond acceptors (Lipinski definition) is 5. The van der Waals surface area contributed by atoms with Gasteiger partial charge in [-0.2, -0.15) is 0 Å². The van der Waals surface area contributed by atoms with Crippen LogP contribution in [0.5, 0.6) is 0 Å². The van der Waals surface area contributed by atoms with E-state index in [1.165, 1.54) is 0 Å². The van der Waals surface area contributed by atoms with Crippen molar-refractivity contribution in [3.05, 3.63) is 27.9 Å². The van der Waals surface area contributed by atoms with Gasteiger partial charge in [0, 0.05) is 18.4 Å². The Hall–Kier alpha value is -1.69. The predicted octanol–water partition coefficient (Wildman–Crippen LogP) is 2.77. The molecule has 0 bridgehead atoms. The van der Waals surface area contributed by atoms with Crippen molar-refractivity contribution in [3.63, 3.8) is 0 Å². The summed E-state index contributed by atoms with van der Waals surface area (Å²) in [6, 6.07) is 1.63. The first kappa shape index (κ1) is 15.4. The fourth-order valence-electron chi connectivity index (χ4n) is 1.71. The predicted molar refractivity (Wildman–Crippen MR) is 74.4 cm³/mol. The number of aromatic nitrogens is 1. The topological polar surface area (TPSA) is 77.3 Å². The Morgan fingerprint density at radius 1 is 1.53 bits per heavy atom. The van der Waals surface area contributed by atoms with E-state index in [1.807, 2.05) is 20.8 Å². The number of rotatable bonds is 7. The maximum Gasteiger partial charge on any atom is 0.314 e. The number of pyridine rings is 1. The molecular formula is C13H21N3O3. The van der Waals surface area contributed by atoms with Crippen LogP contribution in [0.1, 0.15) is 26.3 Å². The highest BCUT2D eigenvalue weighted by molar-refractivity contribution is 5.60. The van der Waals surface area contributed by atoms with E-state index in [4.69, 9.17) is 4.74 Å². The van der Waals surface area contributed by atoms with Crippen LogP contribution in [0.2, 0.25) is 0 Å². The molecular weight excluding hydrogens is 246 g/mol. The van der Waals surface area contributed by atoms with Gasteiger partial charge in [-0.1, -0.05) is 13.8 Å². The minimum atomic E-state index is -0.400. The van der Waals surface area contributed by atoms with Gasteiger partial charge in [0.15, 0.2) is 0 Å². The molecule has 1 unspecified atom stereocenters. The van der Waals surface area contributed by atoms with Gasteiger partial charge >= 0.3 is 5.69 Å². The number of nitro groups is 1. The van der Waals surface area contributed by atoms with Crippen LogP contribution in [0.15, 0.2) is 12.3 Å². The molecule has 0 aliphatic heterocycles. The fourth-order valence-corrected chi connectivity index (χ4v) is 1.71. The molecule has 1 rings (SSSR count). The van der Waals surface area contributed by atoms with Crippen LogP contribution < -0.4 is 5.32 Å². The average Bonchev–Trinajstić information content (AvgIpc) is 2.33. The smallest absolute Gasteiger partial charge is 0.314 e. The second-order valence-corrected chi connectivity index (χ2v) is 4.74. The number of nitrogens with one attached hydrogen (secondary N) is 1. The lowest BCUT2D eigenvalue weighted by Crippen LogP contribution is -2.31. The van der Waals surface area contributed by atoms with Crippen molar-refractivity contribution in [2.24, 2.45) is 5.92 Å². The van der Waals surface area contributed by atoms with Gasteiger partial charge in [-0.3, -0.25) is 10.1 Å². The molecule has 0 saturated carbocycles. The fraction of sp³-hybridized carbons (Fsp3) is 0.615. The molecule has 1 aromatic heterocycles. The quantitative estimate of drug-likeness (QED) is 0.607. The van der Waals surface area contributed by atoms with Crippen molar-refractivity contribution in [1.82, 2.24) is 4.98 Å². The minimum Gasteiger partial charge on any atom is -0.380 e. The molecule has 1 N–H and O–H groups in total. The van der Waals surface area contributed by atoms with Crippen LogP contribution in [-0.2, 0) is 4.74 Å². The summed E-state index contributed by atoms with van der Waals surface area (Å²) in [5.74, 6) is 0.594. The molecule has 106 valence electrons. The van der Waals surface area contributed by atoms with Crippen LogP contribution in [0.25, 0.3) is 0 Å². The summed E-state index contributed by atoms with van der Waals surface area (Å²) in [6.45, 7) is 8.83. The number of anilines is 1. The largest absolute Gasteiger partial charge is 0.380 e. The first-order chi connectivity index (χ1) is 8.97. The van der Waals surface area contributed by atoms with Gasteiger partial charge in [0.05, 0.1) is 17.6 Å². The summed E-state index contributed by atoms with van der Waals surface area (Å²) < 4.78 is 5.40. The lowest BCUT2D eigenvalue weighted by molar-refractivity contribution is -0.384. The molecule has 0 aromatic carbocycles. The maximum atomic E-state index is 11.1. The van der Waals surface area contributed by atoms with E-state index in [0.717, 1.165) is 0 Å². The molecule has 0 saturated heterocycles. The summed E-state index contributed by atoms with van der Waals surface area (Å²) in [5.41, 5.74) is 0.631. The van der Waals surface area contributed by atoms with Crippen LogP contribution >= 0.6 is 0 Å². The van der Waals surface area contributed by atoms with Crippen LogP contribution in [0.3, 0.4) is 0 Å². The van der Waals surface area contributed by atoms with Crippen molar-refractivity contribution in [2.45, 2.75) is 33.7 Å². The molecule has 0 fully saturated rings. The highest BCUT2D eigenvalue weighted by Gasteiger charge is 2.22. The third-order valence-corrected chi connectivity index (χ3v) is 2.94. The molecule has 6 heteroatoms. The number of aryl methyl sites for hydroxylation is 1. The standard InChI is InChI=1S/C13H21N3O3/c1-5-19-8-11(9(2)3)15-13-12(16(17)18)10(4)6-7-14-13/h6-7,9,11H,5,8H2,1-4H3,(H,14,15). The lowest BCUT2D eigenvalue weighted by Gasteiger charge is -2.22. The molecule has 0 radical (unpaired) electrons. The van der Waals surface area contributed by atoms with Gasteiger partial charge in [0.2, 0.25) is 5.82 Å². The van der Waals surface area contributed by atoms with Crippen LogP contribution in [-0.4, -0.2) is 29.2 Å². The second-order valence-electron chi connectivity index (χ2n) is 4.74. The Morgan fingerprint density at radius 3 is 2.74 bits per heavy atom. The first-order valence-corrected chi connectivity index (χ1v) is 6.41. The molecule has 0 aliphatic rings. The third kappa shape index (κ3) is 4.17. The normalized spacial score (nSPS) is 12.5. The van der Waals surface area contributed by atoms with Crippen molar-refractivity contribution in [3.8, 4) is 0 Å². The Bertz CT molecular complexity index is 435. The highest BCUT2D eigenvalue weighted by Crippen LogP contribution is 2.26. The molecule has 1 atom stereocenters. The molecule has 0 amide bonds. The number of hydrogen-bond donors (Lipinski definition) is 1. The van der Waals surface area contributed by atoms with E-state index < -0.39 is 4.92 Å². The van der Waals surface area contributed by atoms with E-state index in [-0.39, 0.29) is 17.6 Å². The van der Waals surface area contributed by atoms with Gasteiger partial charge < -0.3 is 10.1 Å². The van der Waals surface area contributed by atoms with E-state index in [0.29, 0.717) is 24.6 Å². The summed E-state index contributed by atoms with van der Waals surface area (Å²) in [5, 5.41) is 14.2. The van der Waals surface area contributed by atoms with E-state index >= 15 is 0 Å². The first-order valence-electron chi connectivity index (χ1n) is 6.41. The number of nitrogens with zero attached hydrogens (tertiary/aromatic N) is 2. The second kappa shape index (κ2) is 7.04. The SMILES string of the molecule is CCOCC(Nc1nccc(C)c1[N+](=O)[O-])C(C)C. The molecule has 1 heterocycles. The van der Waals surface area contributed by atoms with Gasteiger partial charge in [-0.15, -0.1) is 0 Å². The summed E-state index contributed by atoms with van der Waals surface area (Å²) in [4.78, 5) is 14.8. The monoisotopic (exact) mass is 267 g/mol. The molecule has 6 nitrogen and oxygen atoms in total. The summed E-state index contributed by atoms with van der Waals surface area (Å²) >= 11 is 0. The Morgan fingerprint density at radius 2 is 2.21 bits per heavy atom. The van der Waals surface area contributed by atoms with Crippen molar-refractivity contribution >= 4 is 11.5 Å². The van der Waals surface area contributed by atoms with Crippen molar-refractivity contribution < 1.29 is 9.66 Å². The van der Waals surface area contributed by atoms with Crippen LogP contribution in [0.4, 0.5) is 11.5 Å². The van der Waals surface area contributed by atoms with Gasteiger partial charge in [-0.05, 0) is 25.8 Å². The Labute approximate surface area is 113 Å². The zero-order chi connectivity index (χ0) is 14.4. The third-order valence-electron chi connectivity index (χ3n) is 2.94. The summed E-state index contributed by atoms with van der Waals surface area (Å²) in [7, 11) is 0. The molecule has 0 aliphatic carbocycles. The van der Waals surface area contributed by atoms with E-state index in [9.17, 15) is 10.1 Å². The zero-order valence-electron chi connectivity index (χ0n) is 11.8. The van der Waals surface area contributed by atoms with Gasteiger partial charge in [0.25, 0.3) is 0 Å².